The number of aromatic nitrogens is 1. The smallest absolute Gasteiger partial charge is 0.165 e. The normalized spacial score (nSPS) is 16.4. The molecule has 0 saturated carbocycles. The second-order valence-electron chi connectivity index (χ2n) is 6.26. The van der Waals surface area contributed by atoms with Crippen LogP contribution in [0.3, 0.4) is 0 Å². The first kappa shape index (κ1) is 15.3. The summed E-state index contributed by atoms with van der Waals surface area (Å²) in [4.78, 5) is 6.87. The van der Waals surface area contributed by atoms with Crippen molar-refractivity contribution in [1.29, 1.82) is 0 Å². The van der Waals surface area contributed by atoms with E-state index >= 15 is 0 Å². The van der Waals surface area contributed by atoms with Crippen molar-refractivity contribution < 1.29 is 9.47 Å². The minimum Gasteiger partial charge on any atom is -0.486 e. The van der Waals surface area contributed by atoms with Gasteiger partial charge in [0.2, 0.25) is 0 Å². The molecule has 0 aliphatic carbocycles. The van der Waals surface area contributed by atoms with E-state index in [-0.39, 0.29) is 0 Å². The maximum atomic E-state index is 5.76. The largest absolute Gasteiger partial charge is 0.486 e. The molecule has 1 aromatic heterocycles. The number of nitrogens with zero attached hydrogens (tertiary/aromatic N) is 2. The zero-order chi connectivity index (χ0) is 16.2. The van der Waals surface area contributed by atoms with Crippen LogP contribution in [0.4, 0.5) is 5.82 Å². The first-order chi connectivity index (χ1) is 11.9. The van der Waals surface area contributed by atoms with Gasteiger partial charge in [-0.05, 0) is 36.6 Å². The van der Waals surface area contributed by atoms with Gasteiger partial charge >= 0.3 is 0 Å². The molecule has 0 radical (unpaired) electrons. The van der Waals surface area contributed by atoms with Gasteiger partial charge in [0.05, 0.1) is 0 Å². The van der Waals surface area contributed by atoms with Crippen LogP contribution in [0.15, 0.2) is 36.5 Å². The van der Waals surface area contributed by atoms with Crippen LogP contribution in [-0.4, -0.2) is 31.3 Å². The third-order valence-electron chi connectivity index (χ3n) is 4.53. The number of pyridine rings is 1. The Kier molecular flexibility index (Phi) is 4.51. The fourth-order valence-corrected chi connectivity index (χ4v) is 3.30. The molecule has 4 rings (SSSR count). The first-order valence-electron chi connectivity index (χ1n) is 8.68. The molecule has 2 aromatic rings. The van der Waals surface area contributed by atoms with Crippen molar-refractivity contribution >= 4 is 5.82 Å². The number of hydrogen-bond donors (Lipinski definition) is 1. The number of rotatable bonds is 5. The van der Waals surface area contributed by atoms with Gasteiger partial charge in [-0.1, -0.05) is 12.1 Å². The minimum atomic E-state index is 0.619. The van der Waals surface area contributed by atoms with Gasteiger partial charge in [-0.15, -0.1) is 0 Å². The molecule has 5 heteroatoms. The predicted molar refractivity (Wildman–Crippen MR) is 93.7 cm³/mol. The summed E-state index contributed by atoms with van der Waals surface area (Å²) in [7, 11) is 0. The third-order valence-corrected chi connectivity index (χ3v) is 4.53. The molecule has 5 nitrogen and oxygen atoms in total. The lowest BCUT2D eigenvalue weighted by molar-refractivity contribution is 0.169. The van der Waals surface area contributed by atoms with E-state index in [1.807, 2.05) is 18.3 Å². The fraction of sp³-hybridized carbons (Fsp3) is 0.421. The summed E-state index contributed by atoms with van der Waals surface area (Å²) in [5, 5.41) is 3.50. The van der Waals surface area contributed by atoms with Crippen molar-refractivity contribution in [3.63, 3.8) is 0 Å². The van der Waals surface area contributed by atoms with E-state index in [2.05, 4.69) is 33.4 Å². The van der Waals surface area contributed by atoms with Gasteiger partial charge in [0.1, 0.15) is 19.0 Å². The van der Waals surface area contributed by atoms with Crippen molar-refractivity contribution in [1.82, 2.24) is 10.3 Å². The lowest BCUT2D eigenvalue weighted by atomic mass is 10.1. The summed E-state index contributed by atoms with van der Waals surface area (Å²) in [5.41, 5.74) is 2.40. The number of benzene rings is 1. The highest BCUT2D eigenvalue weighted by Gasteiger charge is 2.15. The maximum Gasteiger partial charge on any atom is 0.165 e. The van der Waals surface area contributed by atoms with Gasteiger partial charge in [0.15, 0.2) is 11.5 Å². The molecule has 0 unspecified atom stereocenters. The molecule has 0 spiro atoms. The molecule has 0 amide bonds. The Morgan fingerprint density at radius 3 is 2.83 bits per heavy atom. The van der Waals surface area contributed by atoms with Crippen molar-refractivity contribution in [2.75, 3.05) is 31.2 Å². The van der Waals surface area contributed by atoms with E-state index in [9.17, 15) is 0 Å². The molecular formula is C19H23N3O2. The van der Waals surface area contributed by atoms with Gasteiger partial charge in [0.25, 0.3) is 0 Å². The molecule has 0 bridgehead atoms. The summed E-state index contributed by atoms with van der Waals surface area (Å²) in [6, 6.07) is 10.3. The summed E-state index contributed by atoms with van der Waals surface area (Å²) in [6.45, 7) is 5.06. The Bertz CT molecular complexity index is 699. The van der Waals surface area contributed by atoms with Crippen molar-refractivity contribution in [3.05, 3.63) is 47.7 Å². The Hall–Kier alpha value is -2.27. The molecule has 2 aliphatic heterocycles. The van der Waals surface area contributed by atoms with Crippen molar-refractivity contribution in [2.24, 2.45) is 0 Å². The predicted octanol–water partition coefficient (Wildman–Crippen LogP) is 2.74. The lowest BCUT2D eigenvalue weighted by Gasteiger charge is -2.21. The average molecular weight is 325 g/mol. The Labute approximate surface area is 142 Å². The van der Waals surface area contributed by atoms with Crippen LogP contribution in [0.1, 0.15) is 24.0 Å². The van der Waals surface area contributed by atoms with Crippen LogP contribution in [0.25, 0.3) is 0 Å². The monoisotopic (exact) mass is 325 g/mol. The first-order valence-corrected chi connectivity index (χ1v) is 8.68. The van der Waals surface area contributed by atoms with Crippen LogP contribution >= 0.6 is 0 Å². The van der Waals surface area contributed by atoms with Gasteiger partial charge < -0.3 is 19.7 Å². The van der Waals surface area contributed by atoms with Crippen LogP contribution in [-0.2, 0) is 13.1 Å². The van der Waals surface area contributed by atoms with Gasteiger partial charge in [-0.3, -0.25) is 0 Å². The van der Waals surface area contributed by atoms with E-state index in [1.54, 1.807) is 0 Å². The van der Waals surface area contributed by atoms with Crippen molar-refractivity contribution in [3.8, 4) is 11.5 Å². The average Bonchev–Trinajstić information content (AvgIpc) is 3.17. The quantitative estimate of drug-likeness (QED) is 0.916. The molecule has 24 heavy (non-hydrogen) atoms. The maximum absolute atomic E-state index is 5.76. The Balaban J connectivity index is 1.38. The molecule has 1 saturated heterocycles. The number of nitrogens with one attached hydrogen (secondary N) is 1. The second-order valence-corrected chi connectivity index (χ2v) is 6.26. The SMILES string of the molecule is c1cc(CNCc2ccnc(N3CCCC3)c2)c2c(c1)OCCO2. The van der Waals surface area contributed by atoms with Crippen LogP contribution in [0.5, 0.6) is 11.5 Å². The molecular weight excluding hydrogens is 302 g/mol. The number of hydrogen-bond acceptors (Lipinski definition) is 5. The molecule has 3 heterocycles. The zero-order valence-corrected chi connectivity index (χ0v) is 13.8. The summed E-state index contributed by atoms with van der Waals surface area (Å²) in [6.07, 6.45) is 4.45. The molecule has 2 aliphatic rings. The van der Waals surface area contributed by atoms with E-state index < -0.39 is 0 Å². The van der Waals surface area contributed by atoms with E-state index in [1.165, 1.54) is 18.4 Å². The van der Waals surface area contributed by atoms with Gasteiger partial charge in [-0.25, -0.2) is 4.98 Å². The van der Waals surface area contributed by atoms with E-state index in [0.717, 1.165) is 49.1 Å². The highest BCUT2D eigenvalue weighted by atomic mass is 16.6. The summed E-state index contributed by atoms with van der Waals surface area (Å²) in [5.74, 6) is 2.82. The number of fused-ring (bicyclic) bond motifs is 1. The molecule has 1 fully saturated rings. The highest BCUT2D eigenvalue weighted by Crippen LogP contribution is 2.33. The zero-order valence-electron chi connectivity index (χ0n) is 13.8. The molecule has 1 aromatic carbocycles. The second kappa shape index (κ2) is 7.09. The number of anilines is 1. The van der Waals surface area contributed by atoms with Gasteiger partial charge in [0, 0.05) is 37.9 Å². The summed E-state index contributed by atoms with van der Waals surface area (Å²) < 4.78 is 11.4. The van der Waals surface area contributed by atoms with Gasteiger partial charge in [-0.2, -0.15) is 0 Å². The van der Waals surface area contributed by atoms with E-state index in [0.29, 0.717) is 13.2 Å². The highest BCUT2D eigenvalue weighted by molar-refractivity contribution is 5.47. The molecule has 1 N–H and O–H groups in total. The lowest BCUT2D eigenvalue weighted by Crippen LogP contribution is -2.20. The Morgan fingerprint density at radius 1 is 1.04 bits per heavy atom. The van der Waals surface area contributed by atoms with Crippen molar-refractivity contribution in [2.45, 2.75) is 25.9 Å². The number of para-hydroxylation sites is 1. The Morgan fingerprint density at radius 2 is 1.92 bits per heavy atom. The minimum absolute atomic E-state index is 0.619. The van der Waals surface area contributed by atoms with E-state index in [4.69, 9.17) is 9.47 Å². The van der Waals surface area contributed by atoms with Crippen LogP contribution in [0.2, 0.25) is 0 Å². The molecule has 0 atom stereocenters. The fourth-order valence-electron chi connectivity index (χ4n) is 3.30. The summed E-state index contributed by atoms with van der Waals surface area (Å²) >= 11 is 0. The number of ether oxygens (including phenoxy) is 2. The topological polar surface area (TPSA) is 46.6 Å². The third kappa shape index (κ3) is 3.31. The van der Waals surface area contributed by atoms with Crippen LogP contribution in [0, 0.1) is 0 Å². The standard InChI is InChI=1S/C19H23N3O2/c1-2-9-22(8-1)18-12-15(6-7-21-18)13-20-14-16-4-3-5-17-19(16)24-11-10-23-17/h3-7,12,20H,1-2,8-11,13-14H2. The molecule has 126 valence electrons. The van der Waals surface area contributed by atoms with Crippen LogP contribution < -0.4 is 19.7 Å².